The van der Waals surface area contributed by atoms with Crippen LogP contribution in [-0.2, 0) is 0 Å². The molecule has 0 aliphatic heterocycles. The summed E-state index contributed by atoms with van der Waals surface area (Å²) in [5.41, 5.74) is 13.5. The van der Waals surface area contributed by atoms with Gasteiger partial charge in [0.2, 0.25) is 0 Å². The maximum absolute atomic E-state index is 11.3. The molecule has 0 spiro atoms. The number of rotatable bonds is 6. The number of hydrogen-bond donors (Lipinski definition) is 4. The largest absolute Gasteiger partial charge is 0.492 e. The molecule has 9 nitrogen and oxygen atoms in total. The quantitative estimate of drug-likeness (QED) is 0.401. The highest BCUT2D eigenvalue weighted by molar-refractivity contribution is 5.90. The summed E-state index contributed by atoms with van der Waals surface area (Å²) < 4.78 is 5.89. The molecular weight excluding hydrogens is 456 g/mol. The van der Waals surface area contributed by atoms with Gasteiger partial charge in [0.25, 0.3) is 0 Å². The molecule has 0 fully saturated rings. The summed E-state index contributed by atoms with van der Waals surface area (Å²) in [7, 11) is 3.91. The van der Waals surface area contributed by atoms with Gasteiger partial charge in [0.1, 0.15) is 23.7 Å². The lowest BCUT2D eigenvalue weighted by molar-refractivity contribution is 0.258. The lowest BCUT2D eigenvalue weighted by Crippen LogP contribution is -2.19. The average molecular weight is 483 g/mol. The van der Waals surface area contributed by atoms with Crippen molar-refractivity contribution in [2.24, 2.45) is 11.5 Å². The number of primary amides is 2. The highest BCUT2D eigenvalue weighted by Crippen LogP contribution is 2.17. The molecule has 0 aliphatic rings. The minimum atomic E-state index is -0.678. The molecule has 3 rings (SSSR count). The second-order valence-electron chi connectivity index (χ2n) is 7.79. The lowest BCUT2D eigenvalue weighted by atomic mass is 10.1. The number of nitrogens with zero attached hydrogens (tertiary/aromatic N) is 2. The molecule has 36 heavy (non-hydrogen) atoms. The van der Waals surface area contributed by atoms with E-state index in [9.17, 15) is 9.59 Å². The molecular formula is C27H26N6O3. The minimum absolute atomic E-state index is 0.430. The third kappa shape index (κ3) is 8.10. The molecule has 0 saturated heterocycles. The maximum Gasteiger partial charge on any atom is 0.316 e. The van der Waals surface area contributed by atoms with Crippen LogP contribution < -0.4 is 26.8 Å². The van der Waals surface area contributed by atoms with Gasteiger partial charge in [-0.25, -0.2) is 14.6 Å². The van der Waals surface area contributed by atoms with Crippen molar-refractivity contribution in [2.75, 3.05) is 37.9 Å². The van der Waals surface area contributed by atoms with Crippen molar-refractivity contribution in [1.82, 2.24) is 9.88 Å². The van der Waals surface area contributed by atoms with E-state index < -0.39 is 12.1 Å². The van der Waals surface area contributed by atoms with E-state index in [4.69, 9.17) is 16.2 Å². The van der Waals surface area contributed by atoms with Crippen LogP contribution in [0.4, 0.5) is 21.0 Å². The fraction of sp³-hybridized carbons (Fsp3) is 0.148. The van der Waals surface area contributed by atoms with E-state index >= 15 is 0 Å². The van der Waals surface area contributed by atoms with Gasteiger partial charge in [-0.05, 0) is 50.2 Å². The SMILES string of the molecule is CN(C)CCOc1cc(C#Cc2ccccc2NC(N)=O)nc(C#Cc2ccccc2NC(N)=O)c1. The maximum atomic E-state index is 11.3. The van der Waals surface area contributed by atoms with E-state index in [1.54, 1.807) is 60.7 Å². The molecule has 1 heterocycles. The average Bonchev–Trinajstić information content (AvgIpc) is 2.82. The summed E-state index contributed by atoms with van der Waals surface area (Å²) in [4.78, 5) is 29.1. The second-order valence-corrected chi connectivity index (χ2v) is 7.79. The number of aromatic nitrogens is 1. The molecule has 6 N–H and O–H groups in total. The van der Waals surface area contributed by atoms with E-state index in [1.165, 1.54) is 0 Å². The topological polar surface area (TPSA) is 136 Å². The molecule has 0 bridgehead atoms. The number of para-hydroxylation sites is 2. The van der Waals surface area contributed by atoms with Crippen molar-refractivity contribution < 1.29 is 14.3 Å². The highest BCUT2D eigenvalue weighted by atomic mass is 16.5. The highest BCUT2D eigenvalue weighted by Gasteiger charge is 2.05. The third-order valence-corrected chi connectivity index (χ3v) is 4.63. The Labute approximate surface area is 209 Å². The first-order valence-corrected chi connectivity index (χ1v) is 10.9. The number of urea groups is 2. The van der Waals surface area contributed by atoms with Gasteiger partial charge in [-0.2, -0.15) is 0 Å². The fourth-order valence-corrected chi connectivity index (χ4v) is 2.99. The summed E-state index contributed by atoms with van der Waals surface area (Å²) >= 11 is 0. The van der Waals surface area contributed by atoms with Gasteiger partial charge in [0.15, 0.2) is 0 Å². The number of benzene rings is 2. The van der Waals surface area contributed by atoms with Gasteiger partial charge in [-0.15, -0.1) is 0 Å². The standard InChI is InChI=1S/C27H26N6O3/c1-33(2)15-16-36-23-17-21(13-11-19-7-3-5-9-24(19)31-26(28)34)30-22(18-23)14-12-20-8-4-6-10-25(20)32-27(29)35/h3-10,17-18H,15-16H2,1-2H3,(H3,28,31,34)(H3,29,32,35). The molecule has 9 heteroatoms. The molecule has 0 atom stereocenters. The van der Waals surface area contributed by atoms with Gasteiger partial charge < -0.3 is 31.7 Å². The number of anilines is 2. The number of hydrogen-bond acceptors (Lipinski definition) is 5. The first kappa shape index (κ1) is 25.6. The van der Waals surface area contributed by atoms with Crippen LogP contribution in [0, 0.1) is 23.7 Å². The Kier molecular flexibility index (Phi) is 8.88. The van der Waals surface area contributed by atoms with Gasteiger partial charge >= 0.3 is 12.1 Å². The molecule has 0 radical (unpaired) electrons. The van der Waals surface area contributed by atoms with Crippen LogP contribution in [0.2, 0.25) is 0 Å². The number of carbonyl (C=O) groups excluding carboxylic acids is 2. The van der Waals surface area contributed by atoms with Crippen molar-refractivity contribution in [1.29, 1.82) is 0 Å². The summed E-state index contributed by atoms with van der Waals surface area (Å²) in [6.07, 6.45) is 0. The van der Waals surface area contributed by atoms with Gasteiger partial charge in [-0.1, -0.05) is 36.1 Å². The summed E-state index contributed by atoms with van der Waals surface area (Å²) in [6, 6.07) is 16.2. The van der Waals surface area contributed by atoms with E-state index in [1.807, 2.05) is 19.0 Å². The summed E-state index contributed by atoms with van der Waals surface area (Å²) in [6.45, 7) is 1.19. The fourth-order valence-electron chi connectivity index (χ4n) is 2.99. The first-order chi connectivity index (χ1) is 17.3. The Morgan fingerprint density at radius 3 is 1.75 bits per heavy atom. The predicted molar refractivity (Wildman–Crippen MR) is 140 cm³/mol. The molecule has 182 valence electrons. The first-order valence-electron chi connectivity index (χ1n) is 10.9. The van der Waals surface area contributed by atoms with Crippen LogP contribution in [0.15, 0.2) is 60.7 Å². The molecule has 0 saturated carbocycles. The van der Waals surface area contributed by atoms with Crippen LogP contribution in [0.3, 0.4) is 0 Å². The van der Waals surface area contributed by atoms with E-state index in [0.29, 0.717) is 46.2 Å². The van der Waals surface area contributed by atoms with Crippen LogP contribution in [0.25, 0.3) is 0 Å². The Bertz CT molecular complexity index is 1280. The molecule has 1 aromatic heterocycles. The second kappa shape index (κ2) is 12.5. The summed E-state index contributed by atoms with van der Waals surface area (Å²) in [5, 5.41) is 5.11. The zero-order valence-electron chi connectivity index (χ0n) is 20.0. The van der Waals surface area contributed by atoms with Crippen molar-refractivity contribution in [3.8, 4) is 29.4 Å². The van der Waals surface area contributed by atoms with Crippen molar-refractivity contribution in [2.45, 2.75) is 0 Å². The lowest BCUT2D eigenvalue weighted by Gasteiger charge is -2.11. The smallest absolute Gasteiger partial charge is 0.316 e. The number of likely N-dealkylation sites (N-methyl/N-ethyl adjacent to an activating group) is 1. The molecule has 3 aromatic rings. The molecule has 0 unspecified atom stereocenters. The number of nitrogens with one attached hydrogen (secondary N) is 2. The van der Waals surface area contributed by atoms with Gasteiger partial charge in [-0.3, -0.25) is 0 Å². The summed E-state index contributed by atoms with van der Waals surface area (Å²) in [5.74, 6) is 12.6. The van der Waals surface area contributed by atoms with E-state index in [2.05, 4.69) is 39.3 Å². The molecule has 0 aliphatic carbocycles. The van der Waals surface area contributed by atoms with Crippen molar-refractivity contribution >= 4 is 23.4 Å². The normalized spacial score (nSPS) is 9.86. The number of ether oxygens (including phenoxy) is 1. The zero-order chi connectivity index (χ0) is 25.9. The molecule has 4 amide bonds. The Hall–Kier alpha value is -4.99. The Balaban J connectivity index is 1.97. The van der Waals surface area contributed by atoms with Crippen LogP contribution in [-0.4, -0.2) is 49.2 Å². The van der Waals surface area contributed by atoms with Crippen molar-refractivity contribution in [3.05, 3.63) is 83.2 Å². The predicted octanol–water partition coefficient (Wildman–Crippen LogP) is 2.80. The van der Waals surface area contributed by atoms with Crippen LogP contribution in [0.5, 0.6) is 5.75 Å². The Morgan fingerprint density at radius 2 is 1.31 bits per heavy atom. The zero-order valence-corrected chi connectivity index (χ0v) is 20.0. The minimum Gasteiger partial charge on any atom is -0.492 e. The van der Waals surface area contributed by atoms with Crippen LogP contribution >= 0.6 is 0 Å². The Morgan fingerprint density at radius 1 is 0.833 bits per heavy atom. The molecule has 2 aromatic carbocycles. The third-order valence-electron chi connectivity index (χ3n) is 4.63. The number of carbonyl (C=O) groups is 2. The van der Waals surface area contributed by atoms with Gasteiger partial charge in [0, 0.05) is 29.8 Å². The van der Waals surface area contributed by atoms with Crippen molar-refractivity contribution in [3.63, 3.8) is 0 Å². The van der Waals surface area contributed by atoms with Gasteiger partial charge in [0.05, 0.1) is 11.4 Å². The monoisotopic (exact) mass is 482 g/mol. The van der Waals surface area contributed by atoms with E-state index in [0.717, 1.165) is 6.54 Å². The number of nitrogens with two attached hydrogens (primary N) is 2. The number of amides is 4. The number of pyridine rings is 1. The van der Waals surface area contributed by atoms with Crippen LogP contribution in [0.1, 0.15) is 22.5 Å². The van der Waals surface area contributed by atoms with E-state index in [-0.39, 0.29) is 0 Å².